The average Bonchev–Trinajstić information content (AvgIpc) is 2.91. The van der Waals surface area contributed by atoms with Crippen molar-refractivity contribution in [3.8, 4) is 17.2 Å². The average molecular weight is 561 g/mol. The zero-order chi connectivity index (χ0) is 27.9. The van der Waals surface area contributed by atoms with Crippen LogP contribution in [0.5, 0.6) is 17.2 Å². The number of carbonyl (C=O) groups is 1. The van der Waals surface area contributed by atoms with E-state index in [-0.39, 0.29) is 22.6 Å². The minimum absolute atomic E-state index is 0.0493. The number of nitrogens with zero attached hydrogens (tertiary/aromatic N) is 1. The van der Waals surface area contributed by atoms with Crippen LogP contribution in [0.4, 0.5) is 5.69 Å². The van der Waals surface area contributed by atoms with Crippen molar-refractivity contribution in [1.29, 1.82) is 0 Å². The maximum Gasteiger partial charge on any atom is 0.264 e. The molecule has 0 unspecified atom stereocenters. The monoisotopic (exact) mass is 560 g/mol. The number of anilines is 1. The number of ether oxygens (including phenoxy) is 3. The smallest absolute Gasteiger partial charge is 0.264 e. The molecular weight excluding hydrogens is 528 g/mol. The number of hydrogen-bond donors (Lipinski definition) is 1. The van der Waals surface area contributed by atoms with Crippen LogP contribution in [0.1, 0.15) is 31.9 Å². The van der Waals surface area contributed by atoms with Crippen molar-refractivity contribution in [1.82, 2.24) is 5.32 Å². The summed E-state index contributed by atoms with van der Waals surface area (Å²) in [6.07, 6.45) is 0.668. The number of carbonyl (C=O) groups excluding carboxylic acids is 1. The molecule has 38 heavy (non-hydrogen) atoms. The Kier molecular flexibility index (Phi) is 9.88. The van der Waals surface area contributed by atoms with Gasteiger partial charge in [0.1, 0.15) is 12.3 Å². The van der Waals surface area contributed by atoms with Crippen LogP contribution in [0.25, 0.3) is 0 Å². The van der Waals surface area contributed by atoms with Gasteiger partial charge in [-0.3, -0.25) is 9.10 Å². The molecule has 1 N–H and O–H groups in total. The highest BCUT2D eigenvalue weighted by Crippen LogP contribution is 2.32. The van der Waals surface area contributed by atoms with Gasteiger partial charge >= 0.3 is 0 Å². The van der Waals surface area contributed by atoms with E-state index >= 15 is 0 Å². The lowest BCUT2D eigenvalue weighted by Crippen LogP contribution is -2.42. The van der Waals surface area contributed by atoms with Gasteiger partial charge in [-0.25, -0.2) is 8.42 Å². The first-order chi connectivity index (χ1) is 18.1. The highest BCUT2D eigenvalue weighted by atomic mass is 35.5. The second-order valence-corrected chi connectivity index (χ2v) is 11.3. The molecule has 0 aliphatic heterocycles. The van der Waals surface area contributed by atoms with Crippen molar-refractivity contribution in [2.45, 2.75) is 31.2 Å². The Balaban J connectivity index is 1.96. The highest BCUT2D eigenvalue weighted by Gasteiger charge is 2.29. The predicted molar refractivity (Wildman–Crippen MR) is 149 cm³/mol. The molecule has 0 aliphatic carbocycles. The fourth-order valence-corrected chi connectivity index (χ4v) is 5.55. The van der Waals surface area contributed by atoms with Crippen molar-refractivity contribution in [2.24, 2.45) is 5.92 Å². The number of methoxy groups -OCH3 is 3. The number of amides is 1. The minimum atomic E-state index is -4.17. The number of benzene rings is 3. The summed E-state index contributed by atoms with van der Waals surface area (Å²) in [5.41, 5.74) is 1.19. The van der Waals surface area contributed by atoms with Crippen molar-refractivity contribution in [2.75, 3.05) is 32.2 Å². The third-order valence-electron chi connectivity index (χ3n) is 5.91. The SMILES string of the molecule is COc1ccc([C@@H](CC(C)C)NC(=O)CN(c2ccc(Cl)cc2)S(=O)(=O)c2ccc(OC)c(OC)c2)cc1. The topological polar surface area (TPSA) is 94.2 Å². The fraction of sp³-hybridized carbons (Fsp3) is 0.321. The molecule has 0 fully saturated rings. The van der Waals surface area contributed by atoms with Gasteiger partial charge in [-0.05, 0) is 66.4 Å². The summed E-state index contributed by atoms with van der Waals surface area (Å²) in [5, 5.41) is 3.46. The van der Waals surface area contributed by atoms with Crippen LogP contribution in [-0.2, 0) is 14.8 Å². The highest BCUT2D eigenvalue weighted by molar-refractivity contribution is 7.92. The molecule has 204 valence electrons. The van der Waals surface area contributed by atoms with Crippen LogP contribution in [0.2, 0.25) is 5.02 Å². The molecule has 0 aromatic heterocycles. The number of sulfonamides is 1. The summed E-state index contributed by atoms with van der Waals surface area (Å²) in [5.74, 6) is 1.18. The molecule has 0 saturated heterocycles. The summed E-state index contributed by atoms with van der Waals surface area (Å²) < 4.78 is 44.5. The second-order valence-electron chi connectivity index (χ2n) is 9.03. The quantitative estimate of drug-likeness (QED) is 0.316. The number of hydrogen-bond acceptors (Lipinski definition) is 6. The van der Waals surface area contributed by atoms with Crippen LogP contribution >= 0.6 is 11.6 Å². The Morgan fingerprint density at radius 2 is 1.53 bits per heavy atom. The lowest BCUT2D eigenvalue weighted by molar-refractivity contribution is -0.120. The van der Waals surface area contributed by atoms with Crippen LogP contribution < -0.4 is 23.8 Å². The second kappa shape index (κ2) is 12.9. The molecule has 3 aromatic rings. The molecular formula is C28H33ClN2O6S. The molecule has 0 bridgehead atoms. The van der Waals surface area contributed by atoms with Crippen LogP contribution in [0, 0.1) is 5.92 Å². The Morgan fingerprint density at radius 3 is 2.08 bits per heavy atom. The maximum absolute atomic E-state index is 13.8. The fourth-order valence-electron chi connectivity index (χ4n) is 3.98. The Labute approximate surface area is 229 Å². The van der Waals surface area contributed by atoms with Gasteiger partial charge in [-0.2, -0.15) is 0 Å². The number of rotatable bonds is 12. The van der Waals surface area contributed by atoms with Crippen molar-refractivity contribution >= 4 is 33.2 Å². The molecule has 10 heteroatoms. The molecule has 0 heterocycles. The van der Waals surface area contributed by atoms with Crippen LogP contribution in [0.3, 0.4) is 0 Å². The van der Waals surface area contributed by atoms with Gasteiger partial charge < -0.3 is 19.5 Å². The first kappa shape index (κ1) is 29.1. The van der Waals surface area contributed by atoms with E-state index in [0.29, 0.717) is 28.6 Å². The normalized spacial score (nSPS) is 12.1. The van der Waals surface area contributed by atoms with Gasteiger partial charge in [0.25, 0.3) is 10.0 Å². The van der Waals surface area contributed by atoms with Crippen LogP contribution in [-0.4, -0.2) is 42.2 Å². The summed E-state index contributed by atoms with van der Waals surface area (Å²) in [4.78, 5) is 13.3. The zero-order valence-corrected chi connectivity index (χ0v) is 23.7. The van der Waals surface area contributed by atoms with Crippen molar-refractivity contribution in [3.05, 3.63) is 77.3 Å². The molecule has 1 atom stereocenters. The first-order valence-electron chi connectivity index (χ1n) is 12.0. The van der Waals surface area contributed by atoms with Gasteiger partial charge in [0.15, 0.2) is 11.5 Å². The summed E-state index contributed by atoms with van der Waals surface area (Å²) in [6, 6.07) is 17.7. The summed E-state index contributed by atoms with van der Waals surface area (Å²) in [7, 11) is 0.303. The van der Waals surface area contributed by atoms with E-state index in [4.69, 9.17) is 25.8 Å². The predicted octanol–water partition coefficient (Wildman–Crippen LogP) is 5.46. The largest absolute Gasteiger partial charge is 0.497 e. The van der Waals surface area contributed by atoms with Gasteiger partial charge in [-0.1, -0.05) is 37.6 Å². The van der Waals surface area contributed by atoms with E-state index < -0.39 is 22.5 Å². The molecule has 3 aromatic carbocycles. The number of halogens is 1. The van der Waals surface area contributed by atoms with E-state index in [2.05, 4.69) is 19.2 Å². The Hall–Kier alpha value is -3.43. The maximum atomic E-state index is 13.8. The molecule has 3 rings (SSSR count). The first-order valence-corrected chi connectivity index (χ1v) is 13.8. The van der Waals surface area contributed by atoms with Gasteiger partial charge in [-0.15, -0.1) is 0 Å². The van der Waals surface area contributed by atoms with E-state index in [1.165, 1.54) is 32.4 Å². The number of nitrogens with one attached hydrogen (secondary N) is 1. The lowest BCUT2D eigenvalue weighted by atomic mass is 9.97. The van der Waals surface area contributed by atoms with Gasteiger partial charge in [0, 0.05) is 11.1 Å². The molecule has 8 nitrogen and oxygen atoms in total. The molecule has 1 amide bonds. The standard InChI is InChI=1S/C28H33ClN2O6S/c1-19(2)16-25(20-6-12-23(35-3)13-7-20)30-28(32)18-31(22-10-8-21(29)9-11-22)38(33,34)24-14-15-26(36-4)27(17-24)37-5/h6-15,17,19,25H,16,18H2,1-5H3,(H,30,32)/t25-/m1/s1. The van der Waals surface area contributed by atoms with Gasteiger partial charge in [0.05, 0.1) is 38.0 Å². The van der Waals surface area contributed by atoms with Crippen molar-refractivity contribution < 1.29 is 27.4 Å². The van der Waals surface area contributed by atoms with E-state index in [1.54, 1.807) is 31.4 Å². The molecule has 0 radical (unpaired) electrons. The van der Waals surface area contributed by atoms with Crippen LogP contribution in [0.15, 0.2) is 71.6 Å². The Bertz CT molecular complexity index is 1330. The van der Waals surface area contributed by atoms with Crippen molar-refractivity contribution in [3.63, 3.8) is 0 Å². The lowest BCUT2D eigenvalue weighted by Gasteiger charge is -2.27. The molecule has 0 aliphatic rings. The molecule has 0 spiro atoms. The summed E-state index contributed by atoms with van der Waals surface area (Å²) >= 11 is 6.05. The third-order valence-corrected chi connectivity index (χ3v) is 7.93. The minimum Gasteiger partial charge on any atom is -0.497 e. The zero-order valence-electron chi connectivity index (χ0n) is 22.1. The van der Waals surface area contributed by atoms with E-state index in [1.807, 2.05) is 24.3 Å². The van der Waals surface area contributed by atoms with Gasteiger partial charge in [0.2, 0.25) is 5.91 Å². The van der Waals surface area contributed by atoms with E-state index in [0.717, 1.165) is 9.87 Å². The van der Waals surface area contributed by atoms with E-state index in [9.17, 15) is 13.2 Å². The Morgan fingerprint density at radius 1 is 0.895 bits per heavy atom. The third kappa shape index (κ3) is 7.11. The summed E-state index contributed by atoms with van der Waals surface area (Å²) in [6.45, 7) is 3.68. The molecule has 0 saturated carbocycles.